The summed E-state index contributed by atoms with van der Waals surface area (Å²) in [6.07, 6.45) is 3.22. The minimum Gasteiger partial charge on any atom is -0.507 e. The average molecular weight is 453 g/mol. The second-order valence-corrected chi connectivity index (χ2v) is 8.67. The molecule has 6 nitrogen and oxygen atoms in total. The van der Waals surface area contributed by atoms with E-state index in [2.05, 4.69) is 20.3 Å². The van der Waals surface area contributed by atoms with E-state index in [1.807, 2.05) is 73.7 Å². The molecule has 2 aromatic heterocycles. The maximum Gasteiger partial charge on any atom is 0.246 e. The van der Waals surface area contributed by atoms with Gasteiger partial charge in [0, 0.05) is 23.4 Å². The van der Waals surface area contributed by atoms with Crippen LogP contribution in [0.5, 0.6) is 5.75 Å². The molecule has 5 aromatic rings. The number of aryl methyl sites for hydroxylation is 1. The van der Waals surface area contributed by atoms with Gasteiger partial charge in [0.05, 0.1) is 27.0 Å². The van der Waals surface area contributed by atoms with Gasteiger partial charge in [-0.2, -0.15) is 0 Å². The smallest absolute Gasteiger partial charge is 0.246 e. The summed E-state index contributed by atoms with van der Waals surface area (Å²) in [5, 5.41) is 15.4. The van der Waals surface area contributed by atoms with E-state index in [0.717, 1.165) is 31.7 Å². The van der Waals surface area contributed by atoms with Crippen LogP contribution in [0.2, 0.25) is 0 Å². The molecule has 0 atom stereocenters. The third kappa shape index (κ3) is 4.31. The van der Waals surface area contributed by atoms with E-state index in [1.165, 1.54) is 17.6 Å². The molecule has 0 aliphatic carbocycles. The minimum atomic E-state index is -0.261. The van der Waals surface area contributed by atoms with Crippen molar-refractivity contribution < 1.29 is 9.90 Å². The Kier molecular flexibility index (Phi) is 5.54. The van der Waals surface area contributed by atoms with Crippen molar-refractivity contribution in [2.75, 3.05) is 11.9 Å². The van der Waals surface area contributed by atoms with Crippen LogP contribution in [0.3, 0.4) is 0 Å². The van der Waals surface area contributed by atoms with E-state index in [0.29, 0.717) is 16.8 Å². The van der Waals surface area contributed by atoms with Crippen molar-refractivity contribution in [1.29, 1.82) is 0 Å². The quantitative estimate of drug-likeness (QED) is 0.341. The second kappa shape index (κ2) is 8.80. The van der Waals surface area contributed by atoms with E-state index < -0.39 is 0 Å². The first-order chi connectivity index (χ1) is 16.1. The SMILES string of the molecule is Cc1cc(C=NCC(=O)Nc2cccc3cccnc23)c(O)c(-c2nc3ccccc3s2)c1. The monoisotopic (exact) mass is 452 g/mol. The number of aromatic nitrogens is 2. The highest BCUT2D eigenvalue weighted by atomic mass is 32.1. The topological polar surface area (TPSA) is 87.5 Å². The summed E-state index contributed by atoms with van der Waals surface area (Å²) in [6, 6.07) is 21.0. The fraction of sp³-hybridized carbons (Fsp3) is 0.0769. The fourth-order valence-electron chi connectivity index (χ4n) is 3.68. The number of benzene rings is 3. The van der Waals surface area contributed by atoms with Crippen LogP contribution in [-0.4, -0.2) is 33.7 Å². The highest BCUT2D eigenvalue weighted by Gasteiger charge is 2.14. The predicted octanol–water partition coefficient (Wildman–Crippen LogP) is 5.58. The fourth-order valence-corrected chi connectivity index (χ4v) is 4.66. The van der Waals surface area contributed by atoms with E-state index in [-0.39, 0.29) is 18.2 Å². The Morgan fingerprint density at radius 2 is 1.97 bits per heavy atom. The Morgan fingerprint density at radius 1 is 1.12 bits per heavy atom. The maximum absolute atomic E-state index is 12.5. The van der Waals surface area contributed by atoms with E-state index in [9.17, 15) is 9.90 Å². The molecule has 0 aliphatic rings. The van der Waals surface area contributed by atoms with Crippen LogP contribution in [-0.2, 0) is 4.79 Å². The van der Waals surface area contributed by atoms with Crippen LogP contribution in [0.25, 0.3) is 31.7 Å². The largest absolute Gasteiger partial charge is 0.507 e. The Bertz CT molecular complexity index is 1490. The Hall–Kier alpha value is -4.10. The van der Waals surface area contributed by atoms with Gasteiger partial charge in [-0.15, -0.1) is 11.3 Å². The number of hydrogen-bond donors (Lipinski definition) is 2. The lowest BCUT2D eigenvalue weighted by Gasteiger charge is -2.08. The van der Waals surface area contributed by atoms with Gasteiger partial charge in [0.2, 0.25) is 5.91 Å². The van der Waals surface area contributed by atoms with Crippen LogP contribution in [0.1, 0.15) is 11.1 Å². The van der Waals surface area contributed by atoms with Gasteiger partial charge in [0.15, 0.2) is 0 Å². The molecule has 0 saturated heterocycles. The Labute approximate surface area is 194 Å². The first-order valence-electron chi connectivity index (χ1n) is 10.4. The third-order valence-electron chi connectivity index (χ3n) is 5.18. The summed E-state index contributed by atoms with van der Waals surface area (Å²) in [7, 11) is 0. The van der Waals surface area contributed by atoms with E-state index in [1.54, 1.807) is 6.20 Å². The molecule has 2 N–H and O–H groups in total. The average Bonchev–Trinajstić information content (AvgIpc) is 3.25. The van der Waals surface area contributed by atoms with Gasteiger partial charge in [-0.1, -0.05) is 30.3 Å². The predicted molar refractivity (Wildman–Crippen MR) is 134 cm³/mol. The summed E-state index contributed by atoms with van der Waals surface area (Å²) in [5.41, 5.74) is 4.44. The maximum atomic E-state index is 12.5. The highest BCUT2D eigenvalue weighted by molar-refractivity contribution is 7.21. The number of aromatic hydroxyl groups is 1. The van der Waals surface area contributed by atoms with Crippen molar-refractivity contribution in [2.45, 2.75) is 6.92 Å². The van der Waals surface area contributed by atoms with Gasteiger partial charge in [0.1, 0.15) is 17.3 Å². The molecule has 0 aliphatic heterocycles. The molecule has 0 bridgehead atoms. The number of rotatable bonds is 5. The number of carbonyl (C=O) groups is 1. The lowest BCUT2D eigenvalue weighted by molar-refractivity contribution is -0.114. The van der Waals surface area contributed by atoms with Gasteiger partial charge >= 0.3 is 0 Å². The normalized spacial score (nSPS) is 11.4. The standard InChI is InChI=1S/C26H20N4O2S/c1-16-12-18(25(32)19(13-16)26-30-20-8-2-3-10-22(20)33-26)14-27-15-23(31)29-21-9-4-6-17-7-5-11-28-24(17)21/h2-14,32H,15H2,1H3,(H,29,31). The number of carbonyl (C=O) groups excluding carboxylic acids is 1. The number of thiazole rings is 1. The molecular formula is C26H20N4O2S. The molecule has 0 fully saturated rings. The summed E-state index contributed by atoms with van der Waals surface area (Å²) < 4.78 is 1.06. The second-order valence-electron chi connectivity index (χ2n) is 7.64. The van der Waals surface area contributed by atoms with Crippen LogP contribution in [0, 0.1) is 6.92 Å². The zero-order valence-corrected chi connectivity index (χ0v) is 18.6. The summed E-state index contributed by atoms with van der Waals surface area (Å²) in [4.78, 5) is 25.7. The number of amides is 1. The van der Waals surface area contributed by atoms with Crippen LogP contribution in [0.4, 0.5) is 5.69 Å². The number of anilines is 1. The highest BCUT2D eigenvalue weighted by Crippen LogP contribution is 2.37. The zero-order valence-electron chi connectivity index (χ0n) is 17.8. The number of hydrogen-bond acceptors (Lipinski definition) is 6. The third-order valence-corrected chi connectivity index (χ3v) is 6.25. The van der Waals surface area contributed by atoms with Gasteiger partial charge in [-0.3, -0.25) is 14.8 Å². The first-order valence-corrected chi connectivity index (χ1v) is 11.2. The van der Waals surface area contributed by atoms with Crippen molar-refractivity contribution in [3.05, 3.63) is 84.1 Å². The molecule has 7 heteroatoms. The molecule has 162 valence electrons. The molecule has 0 radical (unpaired) electrons. The zero-order chi connectivity index (χ0) is 22.8. The molecule has 2 heterocycles. The number of fused-ring (bicyclic) bond motifs is 2. The van der Waals surface area contributed by atoms with E-state index in [4.69, 9.17) is 0 Å². The number of pyridine rings is 1. The number of para-hydroxylation sites is 2. The Morgan fingerprint density at radius 3 is 2.85 bits per heavy atom. The Balaban J connectivity index is 1.35. The molecule has 0 spiro atoms. The molecule has 3 aromatic carbocycles. The van der Waals surface area contributed by atoms with Gasteiger partial charge in [0.25, 0.3) is 0 Å². The summed E-state index contributed by atoms with van der Waals surface area (Å²) in [5.74, 6) is -0.162. The number of aliphatic imine (C=N–C) groups is 1. The molecule has 33 heavy (non-hydrogen) atoms. The molecule has 0 unspecified atom stereocenters. The molecular weight excluding hydrogens is 432 g/mol. The lowest BCUT2D eigenvalue weighted by atomic mass is 10.1. The van der Waals surface area contributed by atoms with E-state index >= 15 is 0 Å². The van der Waals surface area contributed by atoms with Crippen molar-refractivity contribution in [2.24, 2.45) is 4.99 Å². The van der Waals surface area contributed by atoms with Crippen LogP contribution in [0.15, 0.2) is 77.9 Å². The van der Waals surface area contributed by atoms with Crippen molar-refractivity contribution in [1.82, 2.24) is 9.97 Å². The number of nitrogens with zero attached hydrogens (tertiary/aromatic N) is 3. The van der Waals surface area contributed by atoms with Crippen molar-refractivity contribution in [3.8, 4) is 16.3 Å². The summed E-state index contributed by atoms with van der Waals surface area (Å²) in [6.45, 7) is 1.88. The lowest BCUT2D eigenvalue weighted by Crippen LogP contribution is -2.15. The van der Waals surface area contributed by atoms with Gasteiger partial charge < -0.3 is 10.4 Å². The molecule has 1 amide bonds. The van der Waals surface area contributed by atoms with Crippen LogP contribution < -0.4 is 5.32 Å². The summed E-state index contributed by atoms with van der Waals surface area (Å²) >= 11 is 1.53. The first kappa shape index (κ1) is 20.8. The van der Waals surface area contributed by atoms with Crippen molar-refractivity contribution in [3.63, 3.8) is 0 Å². The van der Waals surface area contributed by atoms with Gasteiger partial charge in [-0.05, 0) is 48.9 Å². The number of phenols is 1. The molecule has 5 rings (SSSR count). The van der Waals surface area contributed by atoms with Crippen molar-refractivity contribution >= 4 is 50.3 Å². The molecule has 0 saturated carbocycles. The number of phenolic OH excluding ortho intramolecular Hbond substituents is 1. The van der Waals surface area contributed by atoms with Gasteiger partial charge in [-0.25, -0.2) is 4.98 Å². The number of nitrogens with one attached hydrogen (secondary N) is 1. The minimum absolute atomic E-state index is 0.0763. The van der Waals surface area contributed by atoms with Crippen LogP contribution >= 0.6 is 11.3 Å².